The van der Waals surface area contributed by atoms with Crippen molar-refractivity contribution in [2.45, 2.75) is 20.3 Å². The molecule has 6 nitrogen and oxygen atoms in total. The summed E-state index contributed by atoms with van der Waals surface area (Å²) in [6.07, 6.45) is 0.645. The smallest absolute Gasteiger partial charge is 0.321 e. The van der Waals surface area contributed by atoms with Gasteiger partial charge in [0.15, 0.2) is 0 Å². The Hall–Kier alpha value is -2.67. The van der Waals surface area contributed by atoms with E-state index in [1.54, 1.807) is 0 Å². The van der Waals surface area contributed by atoms with E-state index in [9.17, 15) is 4.79 Å². The number of carbonyl (C=O) groups is 1. The molecule has 0 unspecified atom stereocenters. The average Bonchev–Trinajstić information content (AvgIpc) is 3.17. The van der Waals surface area contributed by atoms with Crippen LogP contribution in [0.2, 0.25) is 0 Å². The van der Waals surface area contributed by atoms with E-state index in [2.05, 4.69) is 20.8 Å². The standard InChI is InChI=1S/C17H18N4O2S/c1-11-3-6-13(7-4-11)15-20-21-17(24-15)19-16(22)18-10-9-14-8-5-12(2)23-14/h3-8H,9-10H2,1-2H3,(H2,18,19,21,22). The molecule has 0 spiro atoms. The second kappa shape index (κ2) is 7.27. The minimum Gasteiger partial charge on any atom is -0.466 e. The third kappa shape index (κ3) is 4.20. The highest BCUT2D eigenvalue weighted by molar-refractivity contribution is 7.18. The van der Waals surface area contributed by atoms with Crippen LogP contribution in [0.3, 0.4) is 0 Å². The second-order valence-electron chi connectivity index (χ2n) is 5.42. The summed E-state index contributed by atoms with van der Waals surface area (Å²) in [5, 5.41) is 14.8. The maximum atomic E-state index is 11.9. The van der Waals surface area contributed by atoms with Gasteiger partial charge >= 0.3 is 6.03 Å². The monoisotopic (exact) mass is 342 g/mol. The Bertz CT molecular complexity index is 823. The Morgan fingerprint density at radius 2 is 1.92 bits per heavy atom. The van der Waals surface area contributed by atoms with Gasteiger partial charge in [-0.05, 0) is 26.0 Å². The molecule has 0 aliphatic heterocycles. The summed E-state index contributed by atoms with van der Waals surface area (Å²) in [6.45, 7) is 4.42. The Morgan fingerprint density at radius 3 is 2.62 bits per heavy atom. The first-order valence-electron chi connectivity index (χ1n) is 7.61. The van der Waals surface area contributed by atoms with Crippen molar-refractivity contribution >= 4 is 22.5 Å². The van der Waals surface area contributed by atoms with Crippen LogP contribution in [-0.2, 0) is 6.42 Å². The Kier molecular flexibility index (Phi) is 4.90. The fraction of sp³-hybridized carbons (Fsp3) is 0.235. The Morgan fingerprint density at radius 1 is 1.12 bits per heavy atom. The molecule has 2 amide bonds. The molecule has 0 saturated carbocycles. The van der Waals surface area contributed by atoms with Crippen LogP contribution in [0.4, 0.5) is 9.93 Å². The van der Waals surface area contributed by atoms with Crippen molar-refractivity contribution < 1.29 is 9.21 Å². The van der Waals surface area contributed by atoms with E-state index >= 15 is 0 Å². The van der Waals surface area contributed by atoms with Crippen LogP contribution < -0.4 is 10.6 Å². The molecule has 0 bridgehead atoms. The van der Waals surface area contributed by atoms with Crippen molar-refractivity contribution in [1.82, 2.24) is 15.5 Å². The van der Waals surface area contributed by atoms with Crippen LogP contribution in [-0.4, -0.2) is 22.8 Å². The zero-order chi connectivity index (χ0) is 16.9. The van der Waals surface area contributed by atoms with Crippen LogP contribution in [0.5, 0.6) is 0 Å². The summed E-state index contributed by atoms with van der Waals surface area (Å²) in [4.78, 5) is 11.9. The Balaban J connectivity index is 1.50. The lowest BCUT2D eigenvalue weighted by Crippen LogP contribution is -2.30. The first-order valence-corrected chi connectivity index (χ1v) is 8.42. The molecule has 7 heteroatoms. The third-order valence-electron chi connectivity index (χ3n) is 3.40. The molecule has 2 heterocycles. The van der Waals surface area contributed by atoms with Gasteiger partial charge in [0.1, 0.15) is 16.5 Å². The summed E-state index contributed by atoms with van der Waals surface area (Å²) in [5.41, 5.74) is 2.17. The number of aryl methyl sites for hydroxylation is 2. The number of anilines is 1. The number of aromatic nitrogens is 2. The second-order valence-corrected chi connectivity index (χ2v) is 6.40. The van der Waals surface area contributed by atoms with E-state index in [0.717, 1.165) is 22.1 Å². The number of hydrogen-bond donors (Lipinski definition) is 2. The molecule has 0 aliphatic rings. The molecule has 3 aromatic rings. The van der Waals surface area contributed by atoms with Crippen molar-refractivity contribution in [2.75, 3.05) is 11.9 Å². The molecule has 24 heavy (non-hydrogen) atoms. The molecule has 0 fully saturated rings. The zero-order valence-electron chi connectivity index (χ0n) is 13.5. The van der Waals surface area contributed by atoms with E-state index in [-0.39, 0.29) is 6.03 Å². The molecular weight excluding hydrogens is 324 g/mol. The van der Waals surface area contributed by atoms with Crippen molar-refractivity contribution in [1.29, 1.82) is 0 Å². The number of amides is 2. The van der Waals surface area contributed by atoms with Crippen LogP contribution in [0.15, 0.2) is 40.8 Å². The topological polar surface area (TPSA) is 80.0 Å². The summed E-state index contributed by atoms with van der Waals surface area (Å²) >= 11 is 1.34. The number of benzene rings is 1. The summed E-state index contributed by atoms with van der Waals surface area (Å²) < 4.78 is 5.45. The molecule has 0 radical (unpaired) electrons. The fourth-order valence-corrected chi connectivity index (χ4v) is 2.89. The van der Waals surface area contributed by atoms with Gasteiger partial charge in [0.25, 0.3) is 0 Å². The lowest BCUT2D eigenvalue weighted by molar-refractivity contribution is 0.252. The minimum absolute atomic E-state index is 0.301. The van der Waals surface area contributed by atoms with Crippen molar-refractivity contribution in [2.24, 2.45) is 0 Å². The molecule has 2 aromatic heterocycles. The first kappa shape index (κ1) is 16.2. The van der Waals surface area contributed by atoms with Gasteiger partial charge in [-0.25, -0.2) is 4.79 Å². The summed E-state index contributed by atoms with van der Waals surface area (Å²) in [6, 6.07) is 11.5. The van der Waals surface area contributed by atoms with E-state index in [4.69, 9.17) is 4.42 Å². The van der Waals surface area contributed by atoms with Gasteiger partial charge in [0.2, 0.25) is 5.13 Å². The largest absolute Gasteiger partial charge is 0.466 e. The number of urea groups is 1. The maximum absolute atomic E-state index is 11.9. The van der Waals surface area contributed by atoms with E-state index in [1.807, 2.05) is 50.2 Å². The summed E-state index contributed by atoms with van der Waals surface area (Å²) in [5.74, 6) is 1.72. The van der Waals surface area contributed by atoms with Gasteiger partial charge in [0, 0.05) is 18.5 Å². The molecule has 0 saturated heterocycles. The van der Waals surface area contributed by atoms with E-state index in [1.165, 1.54) is 16.9 Å². The normalized spacial score (nSPS) is 10.6. The van der Waals surface area contributed by atoms with Crippen LogP contribution in [0.25, 0.3) is 10.6 Å². The minimum atomic E-state index is -0.301. The van der Waals surface area contributed by atoms with Gasteiger partial charge in [0.05, 0.1) is 0 Å². The highest BCUT2D eigenvalue weighted by Crippen LogP contribution is 2.26. The lowest BCUT2D eigenvalue weighted by Gasteiger charge is -2.03. The lowest BCUT2D eigenvalue weighted by atomic mass is 10.2. The molecule has 0 aliphatic carbocycles. The van der Waals surface area contributed by atoms with Gasteiger partial charge in [-0.2, -0.15) is 0 Å². The molecule has 124 valence electrons. The first-order chi connectivity index (χ1) is 11.6. The summed E-state index contributed by atoms with van der Waals surface area (Å²) in [7, 11) is 0. The van der Waals surface area contributed by atoms with E-state index in [0.29, 0.717) is 18.1 Å². The average molecular weight is 342 g/mol. The van der Waals surface area contributed by atoms with Gasteiger partial charge < -0.3 is 9.73 Å². The van der Waals surface area contributed by atoms with Gasteiger partial charge in [-0.3, -0.25) is 5.32 Å². The van der Waals surface area contributed by atoms with E-state index < -0.39 is 0 Å². The predicted octanol–water partition coefficient (Wildman–Crippen LogP) is 3.78. The number of furan rings is 1. The quantitative estimate of drug-likeness (QED) is 0.739. The van der Waals surface area contributed by atoms with Crippen LogP contribution in [0.1, 0.15) is 17.1 Å². The highest BCUT2D eigenvalue weighted by Gasteiger charge is 2.09. The van der Waals surface area contributed by atoms with Crippen LogP contribution in [0, 0.1) is 13.8 Å². The third-order valence-corrected chi connectivity index (χ3v) is 4.28. The molecular formula is C17H18N4O2S. The van der Waals surface area contributed by atoms with Gasteiger partial charge in [-0.15, -0.1) is 10.2 Å². The van der Waals surface area contributed by atoms with Crippen molar-refractivity contribution in [3.8, 4) is 10.6 Å². The number of rotatable bonds is 5. The fourth-order valence-electron chi connectivity index (χ4n) is 2.15. The predicted molar refractivity (Wildman–Crippen MR) is 94.3 cm³/mol. The number of hydrogen-bond acceptors (Lipinski definition) is 5. The molecule has 2 N–H and O–H groups in total. The molecule has 1 aromatic carbocycles. The van der Waals surface area contributed by atoms with Crippen molar-refractivity contribution in [3.05, 3.63) is 53.5 Å². The van der Waals surface area contributed by atoms with Gasteiger partial charge in [-0.1, -0.05) is 41.2 Å². The Labute approximate surface area is 143 Å². The number of nitrogens with one attached hydrogen (secondary N) is 2. The van der Waals surface area contributed by atoms with Crippen LogP contribution >= 0.6 is 11.3 Å². The number of nitrogens with zero attached hydrogens (tertiary/aromatic N) is 2. The SMILES string of the molecule is Cc1ccc(-c2nnc(NC(=O)NCCc3ccc(C)o3)s2)cc1. The van der Waals surface area contributed by atoms with Crippen molar-refractivity contribution in [3.63, 3.8) is 0 Å². The number of carbonyl (C=O) groups excluding carboxylic acids is 1. The maximum Gasteiger partial charge on any atom is 0.321 e. The highest BCUT2D eigenvalue weighted by atomic mass is 32.1. The molecule has 3 rings (SSSR count). The zero-order valence-corrected chi connectivity index (χ0v) is 14.3. The molecule has 0 atom stereocenters.